The Bertz CT molecular complexity index is 1210. The standard InChI is InChI=1S/C21H17F2N3O4S/c1-31(28,29)16-4-2-3-13(9-16)19-24-11-17-20(25-19)30-8-7-26(21(17)27)12-14-5-6-15(22)10-18(14)23/h2-6,9-11H,7-8,12H2,1H3. The largest absolute Gasteiger partial charge is 0.610 e. The van der Waals surface area contributed by atoms with Gasteiger partial charge in [0, 0.05) is 36.0 Å². The molecule has 7 nitrogen and oxygen atoms in total. The summed E-state index contributed by atoms with van der Waals surface area (Å²) in [4.78, 5) is 22.9. The summed E-state index contributed by atoms with van der Waals surface area (Å²) in [6.07, 6.45) is 2.40. The number of hydrogen-bond donors (Lipinski definition) is 0. The van der Waals surface area contributed by atoms with Gasteiger partial charge in [-0.25, -0.2) is 13.8 Å². The molecule has 31 heavy (non-hydrogen) atoms. The van der Waals surface area contributed by atoms with Crippen LogP contribution in [0.3, 0.4) is 0 Å². The number of amides is 1. The Morgan fingerprint density at radius 2 is 2.03 bits per heavy atom. The summed E-state index contributed by atoms with van der Waals surface area (Å²) in [5.74, 6) is -1.63. The van der Waals surface area contributed by atoms with Crippen LogP contribution in [0.4, 0.5) is 8.78 Å². The molecule has 3 aromatic rings. The molecule has 0 N–H and O–H groups in total. The van der Waals surface area contributed by atoms with E-state index < -0.39 is 27.8 Å². The van der Waals surface area contributed by atoms with Gasteiger partial charge in [-0.15, -0.1) is 4.21 Å². The highest BCUT2D eigenvalue weighted by atomic mass is 32.3. The number of sulfone groups is 1. The lowest BCUT2D eigenvalue weighted by Crippen LogP contribution is -2.32. The number of halogens is 2. The van der Waals surface area contributed by atoms with Crippen molar-refractivity contribution in [3.05, 3.63) is 71.4 Å². The Hall–Kier alpha value is -3.24. The summed E-state index contributed by atoms with van der Waals surface area (Å²) in [7, 11) is -3.41. The van der Waals surface area contributed by atoms with Gasteiger partial charge in [-0.05, 0) is 12.1 Å². The van der Waals surface area contributed by atoms with Crippen molar-refractivity contribution in [2.45, 2.75) is 11.4 Å². The van der Waals surface area contributed by atoms with Crippen LogP contribution in [0, 0.1) is 11.6 Å². The normalized spacial score (nSPS) is 15.6. The van der Waals surface area contributed by atoms with Crippen LogP contribution in [0.25, 0.3) is 11.4 Å². The first-order valence-electron chi connectivity index (χ1n) is 9.26. The summed E-state index contributed by atoms with van der Waals surface area (Å²) in [6, 6.07) is 9.32. The van der Waals surface area contributed by atoms with Gasteiger partial charge in [0.1, 0.15) is 30.1 Å². The Morgan fingerprint density at radius 3 is 2.77 bits per heavy atom. The van der Waals surface area contributed by atoms with Gasteiger partial charge in [-0.3, -0.25) is 4.79 Å². The van der Waals surface area contributed by atoms with Crippen LogP contribution in [-0.2, 0) is 21.0 Å². The van der Waals surface area contributed by atoms with E-state index in [2.05, 4.69) is 9.97 Å². The smallest absolute Gasteiger partial charge is 0.261 e. The van der Waals surface area contributed by atoms with Crippen molar-refractivity contribution in [3.63, 3.8) is 0 Å². The summed E-state index contributed by atoms with van der Waals surface area (Å²) >= 11 is 0. The number of carbonyl (C=O) groups is 1. The minimum atomic E-state index is -3.41. The number of aromatic nitrogens is 2. The van der Waals surface area contributed by atoms with E-state index in [4.69, 9.17) is 4.74 Å². The molecule has 10 heteroatoms. The van der Waals surface area contributed by atoms with E-state index in [0.717, 1.165) is 18.4 Å². The molecule has 0 saturated carbocycles. The van der Waals surface area contributed by atoms with Crippen LogP contribution in [0.1, 0.15) is 15.9 Å². The molecule has 2 heterocycles. The van der Waals surface area contributed by atoms with Crippen LogP contribution in [0.5, 0.6) is 5.88 Å². The first kappa shape index (κ1) is 21.0. The molecule has 1 unspecified atom stereocenters. The van der Waals surface area contributed by atoms with Gasteiger partial charge in [-0.2, -0.15) is 4.98 Å². The van der Waals surface area contributed by atoms with Crippen molar-refractivity contribution in [1.82, 2.24) is 14.9 Å². The lowest BCUT2D eigenvalue weighted by atomic mass is 10.1. The maximum atomic E-state index is 14.0. The van der Waals surface area contributed by atoms with Gasteiger partial charge in [0.15, 0.2) is 10.7 Å². The van der Waals surface area contributed by atoms with Crippen molar-refractivity contribution < 1.29 is 27.1 Å². The second kappa shape index (κ2) is 8.12. The zero-order valence-corrected chi connectivity index (χ0v) is 17.2. The number of rotatable bonds is 4. The fraction of sp³-hybridized carbons (Fsp3) is 0.190. The summed E-state index contributed by atoms with van der Waals surface area (Å²) < 4.78 is 56.4. The Kier molecular flexibility index (Phi) is 5.50. The van der Waals surface area contributed by atoms with Gasteiger partial charge in [0.2, 0.25) is 5.88 Å². The first-order valence-corrected chi connectivity index (χ1v) is 11.1. The lowest BCUT2D eigenvalue weighted by molar-refractivity contribution is 0.0741. The fourth-order valence-electron chi connectivity index (χ4n) is 3.16. The third kappa shape index (κ3) is 4.44. The number of ether oxygens (including phenoxy) is 1. The van der Waals surface area contributed by atoms with Gasteiger partial charge >= 0.3 is 0 Å². The predicted molar refractivity (Wildman–Crippen MR) is 107 cm³/mol. The summed E-state index contributed by atoms with van der Waals surface area (Å²) in [5.41, 5.74) is 0.729. The molecule has 1 atom stereocenters. The number of carbonyl (C=O) groups excluding carboxylic acids is 1. The average Bonchev–Trinajstić information content (AvgIpc) is 2.88. The molecule has 0 fully saturated rings. The van der Waals surface area contributed by atoms with Crippen molar-refractivity contribution >= 4 is 16.1 Å². The van der Waals surface area contributed by atoms with Crippen LogP contribution in [-0.4, -0.2) is 44.7 Å². The molecule has 0 spiro atoms. The van der Waals surface area contributed by atoms with Crippen molar-refractivity contribution in [3.8, 4) is 17.3 Å². The number of nitrogens with zero attached hydrogens (tertiary/aromatic N) is 3. The third-order valence-electron chi connectivity index (χ3n) is 4.77. The Morgan fingerprint density at radius 1 is 1.23 bits per heavy atom. The van der Waals surface area contributed by atoms with E-state index in [0.29, 0.717) is 5.56 Å². The zero-order chi connectivity index (χ0) is 22.2. The summed E-state index contributed by atoms with van der Waals surface area (Å²) in [6.45, 7) is 0.220. The maximum Gasteiger partial charge on any atom is 0.261 e. The minimum absolute atomic E-state index is 0.0573. The lowest BCUT2D eigenvalue weighted by Gasteiger charge is -2.20. The number of fused-ring (bicyclic) bond motifs is 1. The predicted octanol–water partition coefficient (Wildman–Crippen LogP) is 3.08. The molecular weight excluding hydrogens is 428 g/mol. The van der Waals surface area contributed by atoms with Crippen LogP contribution in [0.2, 0.25) is 0 Å². The molecule has 2 aromatic carbocycles. The van der Waals surface area contributed by atoms with Gasteiger partial charge in [0.05, 0.1) is 16.8 Å². The van der Waals surface area contributed by atoms with E-state index in [1.807, 2.05) is 0 Å². The molecular formula is C21H17F2N3O4S. The molecule has 1 aromatic heterocycles. The van der Waals surface area contributed by atoms with Crippen molar-refractivity contribution in [2.24, 2.45) is 0 Å². The fourth-order valence-corrected chi connectivity index (χ4v) is 3.83. The molecule has 0 bridgehead atoms. The van der Waals surface area contributed by atoms with Crippen molar-refractivity contribution in [1.29, 1.82) is 0 Å². The highest BCUT2D eigenvalue weighted by molar-refractivity contribution is 7.97. The average molecular weight is 445 g/mol. The van der Waals surface area contributed by atoms with E-state index in [9.17, 15) is 22.3 Å². The Labute approximate surface area is 178 Å². The second-order valence-electron chi connectivity index (χ2n) is 7.02. The van der Waals surface area contributed by atoms with E-state index in [1.165, 1.54) is 29.3 Å². The molecule has 4 rings (SSSR count). The van der Waals surface area contributed by atoms with Gasteiger partial charge < -0.3 is 14.2 Å². The number of benzene rings is 2. The maximum absolute atomic E-state index is 14.0. The van der Waals surface area contributed by atoms with Crippen molar-refractivity contribution in [2.75, 3.05) is 19.4 Å². The van der Waals surface area contributed by atoms with E-state index in [-0.39, 0.29) is 47.4 Å². The quantitative estimate of drug-likeness (QED) is 0.573. The SMILES string of the molecule is C[S+](=O)([O-])c1cccc(-c2ncc3c(n2)OCCN(Cc2ccc(F)cc2F)C3=O)c1. The molecule has 0 saturated heterocycles. The highest BCUT2D eigenvalue weighted by Crippen LogP contribution is 2.27. The molecule has 1 aliphatic heterocycles. The first-order chi connectivity index (χ1) is 14.7. The molecule has 0 aliphatic carbocycles. The Balaban J connectivity index is 1.63. The monoisotopic (exact) mass is 445 g/mol. The van der Waals surface area contributed by atoms with Crippen LogP contribution in [0.15, 0.2) is 53.6 Å². The van der Waals surface area contributed by atoms with Gasteiger partial charge in [-0.1, -0.05) is 18.2 Å². The summed E-state index contributed by atoms with van der Waals surface area (Å²) in [5, 5.41) is 0. The molecule has 1 aliphatic rings. The van der Waals surface area contributed by atoms with E-state index >= 15 is 0 Å². The molecule has 1 amide bonds. The van der Waals surface area contributed by atoms with Gasteiger partial charge in [0.25, 0.3) is 5.91 Å². The second-order valence-corrected chi connectivity index (χ2v) is 9.04. The molecule has 160 valence electrons. The third-order valence-corrected chi connectivity index (χ3v) is 5.88. The number of hydrogen-bond acceptors (Lipinski definition) is 6. The zero-order valence-electron chi connectivity index (χ0n) is 16.4. The van der Waals surface area contributed by atoms with Crippen LogP contribution >= 0.6 is 0 Å². The minimum Gasteiger partial charge on any atom is -0.610 e. The highest BCUT2D eigenvalue weighted by Gasteiger charge is 2.27. The molecule has 0 radical (unpaired) electrons. The topological polar surface area (TPSA) is 95.4 Å². The van der Waals surface area contributed by atoms with Crippen LogP contribution < -0.4 is 4.74 Å². The van der Waals surface area contributed by atoms with E-state index in [1.54, 1.807) is 12.1 Å².